The molecule has 1 saturated heterocycles. The van der Waals surface area contributed by atoms with Gasteiger partial charge >= 0.3 is 6.18 Å². The maximum Gasteiger partial charge on any atom is 0.433 e. The summed E-state index contributed by atoms with van der Waals surface area (Å²) in [7, 11) is 2.68. The predicted molar refractivity (Wildman–Crippen MR) is 93.3 cm³/mol. The van der Waals surface area contributed by atoms with Crippen LogP contribution >= 0.6 is 0 Å². The molecule has 0 aromatic carbocycles. The van der Waals surface area contributed by atoms with Crippen LogP contribution in [-0.2, 0) is 36.7 Å². The third-order valence-corrected chi connectivity index (χ3v) is 4.07. The van der Waals surface area contributed by atoms with E-state index in [2.05, 4.69) is 4.98 Å². The molecule has 2 rings (SSSR count). The van der Waals surface area contributed by atoms with Crippen LogP contribution in [0.4, 0.5) is 13.2 Å². The molecule has 1 fully saturated rings. The molecule has 8 nitrogen and oxygen atoms in total. The molecule has 11 heteroatoms. The van der Waals surface area contributed by atoms with Crippen molar-refractivity contribution in [2.75, 3.05) is 27.4 Å². The maximum absolute atomic E-state index is 13.0. The summed E-state index contributed by atoms with van der Waals surface area (Å²) in [4.78, 5) is 33.7. The van der Waals surface area contributed by atoms with E-state index in [1.807, 2.05) is 0 Å². The number of hydrogen-bond acceptors (Lipinski definition) is 7. The molecule has 2 heterocycles. The van der Waals surface area contributed by atoms with Gasteiger partial charge in [-0.15, -0.1) is 0 Å². The van der Waals surface area contributed by atoms with Gasteiger partial charge < -0.3 is 14.6 Å². The molecule has 0 bridgehead atoms. The Labute approximate surface area is 164 Å². The standard InChI is InChI=1S/C18H21F3N2O6/c1-17(2)15(25)13(16(26)23(3)29-17)14(24)10-5-6-12(18(19,20)21)22-11(10)9-28-8-7-27-4/h5-6,24H,7-9H2,1-4H3/b14-13+. The second-order valence-electron chi connectivity index (χ2n) is 6.69. The number of nitrogens with zero attached hydrogens (tertiary/aromatic N) is 2. The Bertz CT molecular complexity index is 835. The van der Waals surface area contributed by atoms with Gasteiger partial charge in [-0.25, -0.2) is 10.0 Å². The van der Waals surface area contributed by atoms with Crippen LogP contribution in [0.5, 0.6) is 0 Å². The Morgan fingerprint density at radius 2 is 1.93 bits per heavy atom. The summed E-state index contributed by atoms with van der Waals surface area (Å²) in [5.41, 5.74) is -3.78. The van der Waals surface area contributed by atoms with E-state index >= 15 is 0 Å². The lowest BCUT2D eigenvalue weighted by Gasteiger charge is -2.35. The maximum atomic E-state index is 13.0. The minimum Gasteiger partial charge on any atom is -0.506 e. The van der Waals surface area contributed by atoms with Crippen molar-refractivity contribution < 1.29 is 42.2 Å². The number of aliphatic hydroxyl groups excluding tert-OH is 1. The molecule has 29 heavy (non-hydrogen) atoms. The number of ether oxygens (including phenoxy) is 2. The van der Waals surface area contributed by atoms with Gasteiger partial charge in [0.15, 0.2) is 5.60 Å². The fourth-order valence-electron chi connectivity index (χ4n) is 2.62. The van der Waals surface area contributed by atoms with Gasteiger partial charge in [-0.3, -0.25) is 14.4 Å². The number of aromatic nitrogens is 1. The number of carbonyl (C=O) groups excluding carboxylic acids is 2. The summed E-state index contributed by atoms with van der Waals surface area (Å²) in [5.74, 6) is -2.54. The topological polar surface area (TPSA) is 98.2 Å². The summed E-state index contributed by atoms with van der Waals surface area (Å²) in [6.45, 7) is 2.63. The second-order valence-corrected chi connectivity index (χ2v) is 6.69. The van der Waals surface area contributed by atoms with E-state index < -0.39 is 47.1 Å². The van der Waals surface area contributed by atoms with Crippen molar-refractivity contribution in [3.05, 3.63) is 34.7 Å². The summed E-state index contributed by atoms with van der Waals surface area (Å²) < 4.78 is 49.2. The number of hydroxylamine groups is 2. The van der Waals surface area contributed by atoms with Gasteiger partial charge in [0.2, 0.25) is 5.78 Å². The fourth-order valence-corrected chi connectivity index (χ4v) is 2.62. The first-order valence-electron chi connectivity index (χ1n) is 8.49. The second kappa shape index (κ2) is 8.47. The smallest absolute Gasteiger partial charge is 0.433 e. The highest BCUT2D eigenvalue weighted by molar-refractivity contribution is 6.26. The van der Waals surface area contributed by atoms with Gasteiger partial charge in [0, 0.05) is 19.7 Å². The number of methoxy groups -OCH3 is 1. The summed E-state index contributed by atoms with van der Waals surface area (Å²) >= 11 is 0. The summed E-state index contributed by atoms with van der Waals surface area (Å²) in [5, 5.41) is 11.4. The molecular weight excluding hydrogens is 397 g/mol. The Kier molecular flexibility index (Phi) is 6.66. The number of alkyl halides is 3. The van der Waals surface area contributed by atoms with E-state index in [0.29, 0.717) is 6.07 Å². The zero-order chi connectivity index (χ0) is 22.0. The number of pyridine rings is 1. The highest BCUT2D eigenvalue weighted by Crippen LogP contribution is 2.33. The number of halogens is 3. The van der Waals surface area contributed by atoms with Crippen molar-refractivity contribution in [2.45, 2.75) is 32.2 Å². The number of aliphatic hydroxyl groups is 1. The molecule has 1 aliphatic heterocycles. The molecule has 1 aromatic rings. The van der Waals surface area contributed by atoms with Gasteiger partial charge in [-0.1, -0.05) is 0 Å². The average Bonchev–Trinajstić information content (AvgIpc) is 2.62. The van der Waals surface area contributed by atoms with Crippen molar-refractivity contribution in [3.8, 4) is 0 Å². The molecule has 1 N–H and O–H groups in total. The van der Waals surface area contributed by atoms with Gasteiger partial charge in [0.05, 0.1) is 25.5 Å². The van der Waals surface area contributed by atoms with Crippen LogP contribution in [0, 0.1) is 0 Å². The van der Waals surface area contributed by atoms with Crippen molar-refractivity contribution >= 4 is 17.4 Å². The molecule has 0 radical (unpaired) electrons. The first-order chi connectivity index (χ1) is 13.4. The summed E-state index contributed by atoms with van der Waals surface area (Å²) in [6, 6.07) is 1.59. The number of rotatable bonds is 6. The Morgan fingerprint density at radius 1 is 1.28 bits per heavy atom. The molecule has 1 amide bonds. The summed E-state index contributed by atoms with van der Waals surface area (Å²) in [6.07, 6.45) is -4.73. The number of likely N-dealkylation sites (N-methyl/N-ethyl adjacent to an activating group) is 1. The van der Waals surface area contributed by atoms with Gasteiger partial charge in [0.1, 0.15) is 17.0 Å². The zero-order valence-corrected chi connectivity index (χ0v) is 16.3. The lowest BCUT2D eigenvalue weighted by atomic mass is 9.91. The van der Waals surface area contributed by atoms with Crippen LogP contribution < -0.4 is 0 Å². The number of ketones is 1. The molecule has 0 aliphatic carbocycles. The van der Waals surface area contributed by atoms with Crippen LogP contribution in [0.2, 0.25) is 0 Å². The quantitative estimate of drug-likeness (QED) is 0.328. The van der Waals surface area contributed by atoms with E-state index in [-0.39, 0.29) is 24.5 Å². The molecule has 0 saturated carbocycles. The van der Waals surface area contributed by atoms with Crippen LogP contribution in [0.25, 0.3) is 5.76 Å². The Hall–Kier alpha value is -2.50. The third-order valence-electron chi connectivity index (χ3n) is 4.07. The minimum absolute atomic E-state index is 0.0622. The number of amides is 1. The fraction of sp³-hybridized carbons (Fsp3) is 0.500. The van der Waals surface area contributed by atoms with Crippen molar-refractivity contribution in [1.82, 2.24) is 10.0 Å². The van der Waals surface area contributed by atoms with Gasteiger partial charge in [-0.05, 0) is 26.0 Å². The molecule has 0 atom stereocenters. The molecule has 0 spiro atoms. The van der Waals surface area contributed by atoms with Crippen molar-refractivity contribution in [3.63, 3.8) is 0 Å². The molecule has 0 unspecified atom stereocenters. The van der Waals surface area contributed by atoms with E-state index in [0.717, 1.165) is 11.1 Å². The monoisotopic (exact) mass is 418 g/mol. The highest BCUT2D eigenvalue weighted by Gasteiger charge is 2.45. The molecule has 160 valence electrons. The minimum atomic E-state index is -4.73. The van der Waals surface area contributed by atoms with E-state index in [1.165, 1.54) is 28.0 Å². The van der Waals surface area contributed by atoms with Crippen LogP contribution in [-0.4, -0.2) is 59.8 Å². The van der Waals surface area contributed by atoms with E-state index in [4.69, 9.17) is 14.3 Å². The number of hydrogen-bond donors (Lipinski definition) is 1. The van der Waals surface area contributed by atoms with Crippen LogP contribution in [0.3, 0.4) is 0 Å². The Morgan fingerprint density at radius 3 is 2.52 bits per heavy atom. The third kappa shape index (κ3) is 4.92. The predicted octanol–water partition coefficient (Wildman–Crippen LogP) is 2.28. The number of Topliss-reactive ketones (excluding diaryl/α,β-unsaturated/α-hetero) is 1. The van der Waals surface area contributed by atoms with Gasteiger partial charge in [-0.2, -0.15) is 13.2 Å². The first kappa shape index (κ1) is 22.8. The SMILES string of the molecule is COCCOCc1nc(C(F)(F)F)ccc1/C(O)=C1\C(=O)N(C)OC(C)(C)C1=O. The number of carbonyl (C=O) groups is 2. The zero-order valence-electron chi connectivity index (χ0n) is 16.3. The largest absolute Gasteiger partial charge is 0.506 e. The van der Waals surface area contributed by atoms with Crippen LogP contribution in [0.1, 0.15) is 30.8 Å². The van der Waals surface area contributed by atoms with E-state index in [9.17, 15) is 27.9 Å². The molecule has 1 aromatic heterocycles. The normalized spacial score (nSPS) is 18.9. The molecule has 1 aliphatic rings. The average molecular weight is 418 g/mol. The first-order valence-corrected chi connectivity index (χ1v) is 8.49. The highest BCUT2D eigenvalue weighted by atomic mass is 19.4. The van der Waals surface area contributed by atoms with Crippen LogP contribution in [0.15, 0.2) is 17.7 Å². The molecular formula is C18H21F3N2O6. The Balaban J connectivity index is 2.56. The van der Waals surface area contributed by atoms with E-state index in [1.54, 1.807) is 0 Å². The lowest BCUT2D eigenvalue weighted by molar-refractivity contribution is -0.223. The lowest BCUT2D eigenvalue weighted by Crippen LogP contribution is -2.52. The van der Waals surface area contributed by atoms with Crippen molar-refractivity contribution in [1.29, 1.82) is 0 Å². The van der Waals surface area contributed by atoms with Crippen molar-refractivity contribution in [2.24, 2.45) is 0 Å². The van der Waals surface area contributed by atoms with Gasteiger partial charge in [0.25, 0.3) is 5.91 Å².